The Morgan fingerprint density at radius 3 is 2.32 bits per heavy atom. The molecule has 1 aromatic carbocycles. The van der Waals surface area contributed by atoms with Crippen LogP contribution in [0.2, 0.25) is 0 Å². The Kier molecular flexibility index (Phi) is 5.16. The van der Waals surface area contributed by atoms with Gasteiger partial charge in [0.2, 0.25) is 0 Å². The third-order valence-electron chi connectivity index (χ3n) is 4.79. The molecule has 4 nitrogen and oxygen atoms in total. The van der Waals surface area contributed by atoms with E-state index in [0.29, 0.717) is 16.9 Å². The minimum Gasteiger partial charge on any atom is -0.472 e. The summed E-state index contributed by atoms with van der Waals surface area (Å²) >= 11 is 0. The van der Waals surface area contributed by atoms with E-state index in [1.165, 1.54) is 0 Å². The molecule has 0 atom stereocenters. The van der Waals surface area contributed by atoms with Gasteiger partial charge in [-0.3, -0.25) is 9.59 Å². The van der Waals surface area contributed by atoms with E-state index in [9.17, 15) is 9.59 Å². The smallest absolute Gasteiger partial charge is 0.316 e. The summed E-state index contributed by atoms with van der Waals surface area (Å²) in [5.74, 6) is -0.0255. The second-order valence-electron chi connectivity index (χ2n) is 8.44. The average Bonchev–Trinajstić information content (AvgIpc) is 3.17. The first kappa shape index (κ1) is 19.9. The molecule has 0 radical (unpaired) electrons. The fourth-order valence-corrected chi connectivity index (χ4v) is 3.48. The molecule has 4 heteroatoms. The Morgan fingerprint density at radius 1 is 1.14 bits per heavy atom. The zero-order valence-corrected chi connectivity index (χ0v) is 17.3. The molecule has 0 unspecified atom stereocenters. The van der Waals surface area contributed by atoms with Crippen molar-refractivity contribution in [1.29, 1.82) is 0 Å². The van der Waals surface area contributed by atoms with E-state index < -0.39 is 5.41 Å². The van der Waals surface area contributed by atoms with E-state index in [4.69, 9.17) is 9.15 Å². The highest BCUT2D eigenvalue weighted by atomic mass is 16.5. The number of hydrogen-bond acceptors (Lipinski definition) is 4. The molecule has 3 rings (SSSR count). The van der Waals surface area contributed by atoms with Gasteiger partial charge in [0.05, 0.1) is 23.5 Å². The Hall–Kier alpha value is -2.88. The monoisotopic (exact) mass is 378 g/mol. The van der Waals surface area contributed by atoms with Gasteiger partial charge in [-0.25, -0.2) is 0 Å². The predicted octanol–water partition coefficient (Wildman–Crippen LogP) is 5.56. The fourth-order valence-electron chi connectivity index (χ4n) is 3.48. The predicted molar refractivity (Wildman–Crippen MR) is 109 cm³/mol. The molecule has 1 aliphatic rings. The second-order valence-corrected chi connectivity index (χ2v) is 8.44. The van der Waals surface area contributed by atoms with E-state index in [1.54, 1.807) is 45.4 Å². The largest absolute Gasteiger partial charge is 0.472 e. The topological polar surface area (TPSA) is 56.5 Å². The number of allylic oxidation sites excluding steroid dienone is 2. The van der Waals surface area contributed by atoms with E-state index in [1.807, 2.05) is 32.9 Å². The Bertz CT molecular complexity index is 973. The lowest BCUT2D eigenvalue weighted by Crippen LogP contribution is -2.22. The van der Waals surface area contributed by atoms with Crippen LogP contribution in [0.25, 0.3) is 11.6 Å². The lowest BCUT2D eigenvalue weighted by atomic mass is 9.92. The van der Waals surface area contributed by atoms with Gasteiger partial charge in [0, 0.05) is 17.6 Å². The highest BCUT2D eigenvalue weighted by molar-refractivity contribution is 6.33. The Balaban J connectivity index is 2.13. The van der Waals surface area contributed by atoms with Gasteiger partial charge < -0.3 is 9.15 Å². The van der Waals surface area contributed by atoms with Crippen molar-refractivity contribution in [3.05, 3.63) is 69.9 Å². The van der Waals surface area contributed by atoms with Crippen LogP contribution in [0.4, 0.5) is 0 Å². The van der Waals surface area contributed by atoms with Gasteiger partial charge in [-0.05, 0) is 70.4 Å². The molecule has 1 heterocycles. The summed E-state index contributed by atoms with van der Waals surface area (Å²) in [5.41, 5.74) is 5.20. The van der Waals surface area contributed by atoms with Gasteiger partial charge in [-0.15, -0.1) is 0 Å². The van der Waals surface area contributed by atoms with Crippen LogP contribution < -0.4 is 0 Å². The molecule has 0 saturated carbocycles. The minimum absolute atomic E-state index is 0.104. The molecule has 146 valence electrons. The molecule has 0 saturated heterocycles. The van der Waals surface area contributed by atoms with E-state index in [2.05, 4.69) is 0 Å². The normalized spacial score (nSPS) is 16.2. The first-order chi connectivity index (χ1) is 13.1. The van der Waals surface area contributed by atoms with Gasteiger partial charge in [0.1, 0.15) is 5.76 Å². The van der Waals surface area contributed by atoms with Crippen molar-refractivity contribution < 1.29 is 18.7 Å². The zero-order chi connectivity index (χ0) is 20.6. The highest BCUT2D eigenvalue weighted by Gasteiger charge is 2.35. The summed E-state index contributed by atoms with van der Waals surface area (Å²) < 4.78 is 10.9. The minimum atomic E-state index is -0.657. The molecule has 1 aromatic heterocycles. The molecule has 1 aliphatic carbocycles. The van der Waals surface area contributed by atoms with E-state index >= 15 is 0 Å². The lowest BCUT2D eigenvalue weighted by Gasteiger charge is -2.18. The molecular weight excluding hydrogens is 352 g/mol. The first-order valence-electron chi connectivity index (χ1n) is 9.39. The average molecular weight is 378 g/mol. The molecule has 0 bridgehead atoms. The van der Waals surface area contributed by atoms with Gasteiger partial charge in [-0.2, -0.15) is 0 Å². The highest BCUT2D eigenvalue weighted by Crippen LogP contribution is 2.40. The van der Waals surface area contributed by atoms with Crippen molar-refractivity contribution in [2.75, 3.05) is 0 Å². The van der Waals surface area contributed by atoms with E-state index in [0.717, 1.165) is 27.8 Å². The van der Waals surface area contributed by atoms with Crippen molar-refractivity contribution in [2.45, 2.75) is 48.0 Å². The van der Waals surface area contributed by atoms with Crippen molar-refractivity contribution >= 4 is 23.4 Å². The maximum atomic E-state index is 13.3. The van der Waals surface area contributed by atoms with Crippen molar-refractivity contribution in [3.8, 4) is 0 Å². The van der Waals surface area contributed by atoms with Gasteiger partial charge in [0.25, 0.3) is 0 Å². The number of rotatable bonds is 3. The van der Waals surface area contributed by atoms with Crippen LogP contribution >= 0.6 is 0 Å². The van der Waals surface area contributed by atoms with Crippen LogP contribution in [-0.2, 0) is 14.3 Å². The molecule has 0 spiro atoms. The number of carbonyl (C=O) groups is 2. The van der Waals surface area contributed by atoms with Crippen LogP contribution in [0.5, 0.6) is 0 Å². The van der Waals surface area contributed by atoms with Gasteiger partial charge in [0.15, 0.2) is 5.78 Å². The molecule has 0 aliphatic heterocycles. The van der Waals surface area contributed by atoms with Crippen LogP contribution in [0.15, 0.2) is 46.5 Å². The van der Waals surface area contributed by atoms with Crippen molar-refractivity contribution in [3.63, 3.8) is 0 Å². The second kappa shape index (κ2) is 7.27. The third-order valence-corrected chi connectivity index (χ3v) is 4.79. The quantitative estimate of drug-likeness (QED) is 0.518. The van der Waals surface area contributed by atoms with Crippen LogP contribution in [0, 0.1) is 26.2 Å². The summed E-state index contributed by atoms with van der Waals surface area (Å²) in [6.45, 7) is 11.4. The number of carbonyl (C=O) groups excluding carboxylic acids is 2. The summed E-state index contributed by atoms with van der Waals surface area (Å²) in [6.07, 6.45) is 5.23. The van der Waals surface area contributed by atoms with Crippen LogP contribution in [0.1, 0.15) is 55.0 Å². The molecule has 28 heavy (non-hydrogen) atoms. The number of esters is 1. The van der Waals surface area contributed by atoms with Crippen LogP contribution in [0.3, 0.4) is 0 Å². The molecular formula is C24H26O4. The summed E-state index contributed by atoms with van der Waals surface area (Å²) in [7, 11) is 0. The maximum Gasteiger partial charge on any atom is 0.316 e. The summed E-state index contributed by atoms with van der Waals surface area (Å²) in [6, 6.07) is 5.88. The molecule has 0 N–H and O–H groups in total. The van der Waals surface area contributed by atoms with Crippen molar-refractivity contribution in [1.82, 2.24) is 0 Å². The number of ketones is 1. The number of hydrogen-bond donors (Lipinski definition) is 0. The standard InChI is InChI=1S/C24H26O4/c1-14-9-15(2)20(16(3)10-14)21-19(28-23(26)24(4,5)6)12-18(22(21)25)11-17-7-8-27-13-17/h7-11,13H,12H2,1-6H3. The molecule has 2 aromatic rings. The fraction of sp³-hybridized carbons (Fsp3) is 0.333. The third kappa shape index (κ3) is 3.86. The van der Waals surface area contributed by atoms with Crippen LogP contribution in [-0.4, -0.2) is 11.8 Å². The summed E-state index contributed by atoms with van der Waals surface area (Å²) in [4.78, 5) is 25.9. The van der Waals surface area contributed by atoms with Gasteiger partial charge in [-0.1, -0.05) is 17.7 Å². The zero-order valence-electron chi connectivity index (χ0n) is 17.3. The first-order valence-corrected chi connectivity index (χ1v) is 9.39. The summed E-state index contributed by atoms with van der Waals surface area (Å²) in [5, 5.41) is 0. The van der Waals surface area contributed by atoms with Gasteiger partial charge >= 0.3 is 5.97 Å². The SMILES string of the molecule is Cc1cc(C)c(C2=C(OC(=O)C(C)(C)C)CC(=Cc3ccoc3)C2=O)c(C)c1. The number of furan rings is 1. The molecule has 0 amide bonds. The van der Waals surface area contributed by atoms with E-state index in [-0.39, 0.29) is 18.2 Å². The lowest BCUT2D eigenvalue weighted by molar-refractivity contribution is -0.148. The Morgan fingerprint density at radius 2 is 1.79 bits per heavy atom. The number of Topliss-reactive ketones (excluding diaryl/α,β-unsaturated/α-hetero) is 1. The van der Waals surface area contributed by atoms with Crippen molar-refractivity contribution in [2.24, 2.45) is 5.41 Å². The number of aryl methyl sites for hydroxylation is 3. The Labute approximate surface area is 165 Å². The number of benzene rings is 1. The molecule has 0 fully saturated rings. The number of ether oxygens (including phenoxy) is 1. The maximum absolute atomic E-state index is 13.3.